The van der Waals surface area contributed by atoms with Crippen molar-refractivity contribution >= 4 is 5.97 Å². The van der Waals surface area contributed by atoms with Crippen LogP contribution in [0.1, 0.15) is 23.9 Å². The third-order valence-electron chi connectivity index (χ3n) is 5.11. The molecule has 0 radical (unpaired) electrons. The fourth-order valence-corrected chi connectivity index (χ4v) is 3.42. The lowest BCUT2D eigenvalue weighted by Crippen LogP contribution is -2.26. The number of carbonyl (C=O) groups is 1. The van der Waals surface area contributed by atoms with Gasteiger partial charge in [-0.15, -0.1) is 0 Å². The van der Waals surface area contributed by atoms with Gasteiger partial charge in [0.05, 0.1) is 5.69 Å². The fourth-order valence-electron chi connectivity index (χ4n) is 3.42. The van der Waals surface area contributed by atoms with Crippen molar-refractivity contribution in [1.82, 2.24) is 5.16 Å². The van der Waals surface area contributed by atoms with Gasteiger partial charge in [0, 0.05) is 30.2 Å². The Morgan fingerprint density at radius 2 is 1.70 bits per heavy atom. The summed E-state index contributed by atoms with van der Waals surface area (Å²) in [5, 5.41) is 13.1. The zero-order valence-electron chi connectivity index (χ0n) is 18.5. The Kier molecular flexibility index (Phi) is 6.90. The molecule has 7 heteroatoms. The Balaban J connectivity index is 1.34. The summed E-state index contributed by atoms with van der Waals surface area (Å²) in [5.74, 6) is 1.89. The van der Waals surface area contributed by atoms with Crippen molar-refractivity contribution in [1.29, 1.82) is 0 Å². The number of hydrogen-bond donors (Lipinski definition) is 1. The highest BCUT2D eigenvalue weighted by atomic mass is 16.5. The minimum absolute atomic E-state index is 0.283. The van der Waals surface area contributed by atoms with E-state index in [9.17, 15) is 9.90 Å². The number of aliphatic carboxylic acids is 1. The predicted molar refractivity (Wildman–Crippen MR) is 122 cm³/mol. The molecule has 0 amide bonds. The number of benzene rings is 2. The van der Waals surface area contributed by atoms with Gasteiger partial charge in [-0.3, -0.25) is 0 Å². The molecule has 0 aliphatic rings. The Bertz CT molecular complexity index is 1190. The molecule has 1 unspecified atom stereocenters. The van der Waals surface area contributed by atoms with E-state index in [-0.39, 0.29) is 6.61 Å². The topological polar surface area (TPSA) is 94.9 Å². The maximum Gasteiger partial charge on any atom is 0.333 e. The van der Waals surface area contributed by atoms with Gasteiger partial charge in [-0.25, -0.2) is 4.79 Å². The Hall–Kier alpha value is -3.84. The van der Waals surface area contributed by atoms with Crippen LogP contribution in [0, 0.1) is 6.92 Å². The molecule has 0 aliphatic heterocycles. The van der Waals surface area contributed by atoms with Crippen molar-refractivity contribution in [3.8, 4) is 28.4 Å². The molecule has 0 fully saturated rings. The zero-order chi connectivity index (χ0) is 23.2. The van der Waals surface area contributed by atoms with E-state index < -0.39 is 12.1 Å². The van der Waals surface area contributed by atoms with Gasteiger partial charge in [0.2, 0.25) is 0 Å². The Labute approximate surface area is 191 Å². The third kappa shape index (κ3) is 5.70. The quantitative estimate of drug-likeness (QED) is 0.342. The number of furan rings is 1. The van der Waals surface area contributed by atoms with Gasteiger partial charge in [-0.1, -0.05) is 41.6 Å². The van der Waals surface area contributed by atoms with Gasteiger partial charge in [0.25, 0.3) is 0 Å². The molecule has 2 heterocycles. The molecule has 2 aromatic carbocycles. The fraction of sp³-hybridized carbons (Fsp3) is 0.231. The molecular formula is C26H25NO6. The van der Waals surface area contributed by atoms with E-state index in [0.29, 0.717) is 24.5 Å². The van der Waals surface area contributed by atoms with Crippen LogP contribution in [0.2, 0.25) is 0 Å². The molecule has 4 rings (SSSR count). The standard InChI is InChI=1S/C26H25NO6/c1-3-30-25(26(28)29)15-18-4-10-21(11-5-18)31-16-22-12-13-23(32-22)19-6-8-20(9-7-19)24-14-17(2)27-33-24/h4-14,25H,3,15-16H2,1-2H3,(H,28,29). The number of carboxylic acid groups (broad SMARTS) is 1. The number of aromatic nitrogens is 1. The van der Waals surface area contributed by atoms with Crippen LogP contribution in [-0.2, 0) is 22.6 Å². The highest BCUT2D eigenvalue weighted by Crippen LogP contribution is 2.27. The summed E-state index contributed by atoms with van der Waals surface area (Å²) in [6.45, 7) is 4.31. The van der Waals surface area contributed by atoms with Gasteiger partial charge in [-0.2, -0.15) is 0 Å². The molecule has 7 nitrogen and oxygen atoms in total. The van der Waals surface area contributed by atoms with Gasteiger partial charge in [0.15, 0.2) is 11.9 Å². The number of rotatable bonds is 10. The molecule has 33 heavy (non-hydrogen) atoms. The largest absolute Gasteiger partial charge is 0.486 e. The summed E-state index contributed by atoms with van der Waals surface area (Å²) in [4.78, 5) is 11.2. The van der Waals surface area contributed by atoms with Crippen LogP contribution < -0.4 is 4.74 Å². The molecule has 4 aromatic rings. The number of carboxylic acids is 1. The second-order valence-electron chi connectivity index (χ2n) is 7.59. The molecule has 0 spiro atoms. The van der Waals surface area contributed by atoms with Crippen LogP contribution in [0.25, 0.3) is 22.6 Å². The van der Waals surface area contributed by atoms with E-state index in [4.69, 9.17) is 18.4 Å². The molecule has 0 saturated carbocycles. The smallest absolute Gasteiger partial charge is 0.333 e. The van der Waals surface area contributed by atoms with Crippen LogP contribution >= 0.6 is 0 Å². The van der Waals surface area contributed by atoms with Crippen LogP contribution in [-0.4, -0.2) is 28.9 Å². The highest BCUT2D eigenvalue weighted by Gasteiger charge is 2.18. The van der Waals surface area contributed by atoms with Crippen molar-refractivity contribution < 1.29 is 28.3 Å². The number of nitrogens with zero attached hydrogens (tertiary/aromatic N) is 1. The SMILES string of the molecule is CCOC(Cc1ccc(OCc2ccc(-c3ccc(-c4cc(C)no4)cc3)o2)cc1)C(=O)O. The Morgan fingerprint density at radius 3 is 2.30 bits per heavy atom. The summed E-state index contributed by atoms with van der Waals surface area (Å²) in [5.41, 5.74) is 3.61. The number of hydrogen-bond acceptors (Lipinski definition) is 6. The Morgan fingerprint density at radius 1 is 1.00 bits per heavy atom. The van der Waals surface area contributed by atoms with Crippen LogP contribution in [0.4, 0.5) is 0 Å². The first-order valence-electron chi connectivity index (χ1n) is 10.7. The first-order valence-corrected chi connectivity index (χ1v) is 10.7. The average molecular weight is 447 g/mol. The minimum Gasteiger partial charge on any atom is -0.486 e. The maximum absolute atomic E-state index is 11.2. The number of ether oxygens (including phenoxy) is 2. The average Bonchev–Trinajstić information content (AvgIpc) is 3.47. The molecular weight excluding hydrogens is 422 g/mol. The minimum atomic E-state index is -0.964. The molecule has 170 valence electrons. The summed E-state index contributed by atoms with van der Waals surface area (Å²) in [6.07, 6.45) is -0.544. The first-order chi connectivity index (χ1) is 16.0. The normalized spacial score (nSPS) is 11.9. The predicted octanol–water partition coefficient (Wildman–Crippen LogP) is 5.52. The molecule has 1 atom stereocenters. The third-order valence-corrected chi connectivity index (χ3v) is 5.11. The van der Waals surface area contributed by atoms with Crippen molar-refractivity contribution in [3.05, 3.63) is 83.7 Å². The van der Waals surface area contributed by atoms with Gasteiger partial charge >= 0.3 is 5.97 Å². The maximum atomic E-state index is 11.2. The molecule has 1 N–H and O–H groups in total. The first kappa shape index (κ1) is 22.4. The summed E-state index contributed by atoms with van der Waals surface area (Å²) in [6, 6.07) is 20.9. The van der Waals surface area contributed by atoms with Crippen molar-refractivity contribution in [3.63, 3.8) is 0 Å². The molecule has 0 bridgehead atoms. The van der Waals surface area contributed by atoms with Crippen molar-refractivity contribution in [2.24, 2.45) is 0 Å². The lowest BCUT2D eigenvalue weighted by Gasteiger charge is -2.12. The van der Waals surface area contributed by atoms with E-state index in [1.807, 2.05) is 73.7 Å². The molecule has 0 saturated heterocycles. The zero-order valence-corrected chi connectivity index (χ0v) is 18.5. The summed E-state index contributed by atoms with van der Waals surface area (Å²) >= 11 is 0. The van der Waals surface area contributed by atoms with Crippen LogP contribution in [0.15, 0.2) is 75.7 Å². The highest BCUT2D eigenvalue weighted by molar-refractivity contribution is 5.72. The van der Waals surface area contributed by atoms with E-state index in [1.54, 1.807) is 6.92 Å². The number of aryl methyl sites for hydroxylation is 1. The lowest BCUT2D eigenvalue weighted by molar-refractivity contribution is -0.149. The molecule has 0 aliphatic carbocycles. The van der Waals surface area contributed by atoms with Gasteiger partial charge < -0.3 is 23.5 Å². The van der Waals surface area contributed by atoms with E-state index in [0.717, 1.165) is 33.9 Å². The second kappa shape index (κ2) is 10.2. The monoisotopic (exact) mass is 447 g/mol. The molecule has 2 aromatic heterocycles. The van der Waals surface area contributed by atoms with Crippen LogP contribution in [0.3, 0.4) is 0 Å². The van der Waals surface area contributed by atoms with Gasteiger partial charge in [-0.05, 0) is 43.7 Å². The second-order valence-corrected chi connectivity index (χ2v) is 7.59. The van der Waals surface area contributed by atoms with Crippen LogP contribution in [0.5, 0.6) is 5.75 Å². The lowest BCUT2D eigenvalue weighted by atomic mass is 10.1. The summed E-state index contributed by atoms with van der Waals surface area (Å²) < 4.78 is 22.3. The van der Waals surface area contributed by atoms with E-state index in [1.165, 1.54) is 0 Å². The van der Waals surface area contributed by atoms with Crippen molar-refractivity contribution in [2.45, 2.75) is 33.0 Å². The van der Waals surface area contributed by atoms with E-state index in [2.05, 4.69) is 5.16 Å². The van der Waals surface area contributed by atoms with Crippen molar-refractivity contribution in [2.75, 3.05) is 6.61 Å². The van der Waals surface area contributed by atoms with E-state index >= 15 is 0 Å². The summed E-state index contributed by atoms with van der Waals surface area (Å²) in [7, 11) is 0. The van der Waals surface area contributed by atoms with Gasteiger partial charge in [0.1, 0.15) is 23.9 Å².